The molecule has 0 unspecified atom stereocenters. The molecule has 122 valence electrons. The predicted molar refractivity (Wildman–Crippen MR) is 85.5 cm³/mol. The SMILES string of the molecule is C#CCNC(=O)c1ncn2c1CN(C)C(=O)c1c-2ccc(F)c1Cl. The van der Waals surface area contributed by atoms with Crippen LogP contribution in [0.2, 0.25) is 5.02 Å². The van der Waals surface area contributed by atoms with E-state index in [9.17, 15) is 14.0 Å². The molecule has 0 radical (unpaired) electrons. The molecule has 2 aromatic rings. The maximum absolute atomic E-state index is 13.8. The van der Waals surface area contributed by atoms with Crippen molar-refractivity contribution in [2.75, 3.05) is 13.6 Å². The largest absolute Gasteiger partial charge is 0.340 e. The number of carbonyl (C=O) groups is 2. The van der Waals surface area contributed by atoms with Crippen LogP contribution < -0.4 is 5.32 Å². The van der Waals surface area contributed by atoms with Crippen LogP contribution in [-0.2, 0) is 6.54 Å². The highest BCUT2D eigenvalue weighted by Crippen LogP contribution is 2.32. The van der Waals surface area contributed by atoms with Gasteiger partial charge >= 0.3 is 0 Å². The van der Waals surface area contributed by atoms with Gasteiger partial charge < -0.3 is 10.2 Å². The van der Waals surface area contributed by atoms with Crippen molar-refractivity contribution in [3.63, 3.8) is 0 Å². The molecule has 6 nitrogen and oxygen atoms in total. The average molecular weight is 347 g/mol. The lowest BCUT2D eigenvalue weighted by Gasteiger charge is -2.15. The highest BCUT2D eigenvalue weighted by molar-refractivity contribution is 6.34. The number of terminal acetylenes is 1. The zero-order valence-electron chi connectivity index (χ0n) is 12.6. The standard InChI is InChI=1S/C16H12ClFN4O2/c1-3-6-19-15(23)14-11-7-21(2)16(24)12-10(22(11)8-20-14)5-4-9(18)13(12)17/h1,4-5,8H,6-7H2,2H3,(H,19,23). The molecule has 3 rings (SSSR count). The number of nitrogens with one attached hydrogen (secondary N) is 1. The number of nitrogens with zero attached hydrogens (tertiary/aromatic N) is 3. The molecule has 0 atom stereocenters. The van der Waals surface area contributed by atoms with Gasteiger partial charge in [0.2, 0.25) is 0 Å². The summed E-state index contributed by atoms with van der Waals surface area (Å²) in [5.74, 6) is 0.739. The Balaban J connectivity index is 2.19. The van der Waals surface area contributed by atoms with Crippen LogP contribution in [0.1, 0.15) is 26.5 Å². The van der Waals surface area contributed by atoms with Gasteiger partial charge in [0.25, 0.3) is 11.8 Å². The fourth-order valence-electron chi connectivity index (χ4n) is 2.57. The first kappa shape index (κ1) is 16.0. The van der Waals surface area contributed by atoms with Crippen molar-refractivity contribution in [1.29, 1.82) is 0 Å². The minimum Gasteiger partial charge on any atom is -0.340 e. The first-order valence-electron chi connectivity index (χ1n) is 6.97. The lowest BCUT2D eigenvalue weighted by Crippen LogP contribution is -2.28. The maximum Gasteiger partial charge on any atom is 0.272 e. The van der Waals surface area contributed by atoms with Gasteiger partial charge in [0.1, 0.15) is 12.1 Å². The fourth-order valence-corrected chi connectivity index (χ4v) is 2.81. The molecule has 0 fully saturated rings. The summed E-state index contributed by atoms with van der Waals surface area (Å²) < 4.78 is 15.3. The molecule has 0 saturated heterocycles. The van der Waals surface area contributed by atoms with E-state index in [0.29, 0.717) is 11.4 Å². The zero-order chi connectivity index (χ0) is 17.4. The van der Waals surface area contributed by atoms with Gasteiger partial charge in [0, 0.05) is 7.05 Å². The predicted octanol–water partition coefficient (Wildman–Crippen LogP) is 1.61. The molecule has 0 aliphatic carbocycles. The highest BCUT2D eigenvalue weighted by atomic mass is 35.5. The van der Waals surface area contributed by atoms with Crippen molar-refractivity contribution in [2.24, 2.45) is 0 Å². The van der Waals surface area contributed by atoms with Crippen molar-refractivity contribution >= 4 is 23.4 Å². The minimum absolute atomic E-state index is 0.0332. The van der Waals surface area contributed by atoms with Crippen molar-refractivity contribution in [1.82, 2.24) is 19.8 Å². The van der Waals surface area contributed by atoms with Gasteiger partial charge in [0.15, 0.2) is 5.69 Å². The van der Waals surface area contributed by atoms with Gasteiger partial charge in [0.05, 0.1) is 35.1 Å². The summed E-state index contributed by atoms with van der Waals surface area (Å²) in [6.45, 7) is 0.178. The number of imidazole rings is 1. The maximum atomic E-state index is 13.8. The number of carbonyl (C=O) groups excluding carboxylic acids is 2. The van der Waals surface area contributed by atoms with E-state index in [-0.39, 0.29) is 29.4 Å². The Morgan fingerprint density at radius 3 is 3.00 bits per heavy atom. The summed E-state index contributed by atoms with van der Waals surface area (Å²) in [4.78, 5) is 30.2. The molecule has 8 heteroatoms. The smallest absolute Gasteiger partial charge is 0.272 e. The van der Waals surface area contributed by atoms with Crippen molar-refractivity contribution in [3.05, 3.63) is 46.3 Å². The van der Waals surface area contributed by atoms with E-state index >= 15 is 0 Å². The molecule has 1 N–H and O–H groups in total. The van der Waals surface area contributed by atoms with Crippen LogP contribution in [0.3, 0.4) is 0 Å². The monoisotopic (exact) mass is 346 g/mol. The topological polar surface area (TPSA) is 67.2 Å². The molecule has 1 aromatic carbocycles. The van der Waals surface area contributed by atoms with Gasteiger partial charge in [-0.2, -0.15) is 0 Å². The first-order chi connectivity index (χ1) is 11.5. The van der Waals surface area contributed by atoms with Crippen LogP contribution in [0.25, 0.3) is 5.69 Å². The van der Waals surface area contributed by atoms with Crippen LogP contribution >= 0.6 is 11.6 Å². The van der Waals surface area contributed by atoms with Gasteiger partial charge in [-0.05, 0) is 12.1 Å². The Hall–Kier alpha value is -2.85. The highest BCUT2D eigenvalue weighted by Gasteiger charge is 2.30. The number of fused-ring (bicyclic) bond motifs is 3. The van der Waals surface area contributed by atoms with E-state index in [1.807, 2.05) is 0 Å². The van der Waals surface area contributed by atoms with Crippen molar-refractivity contribution < 1.29 is 14.0 Å². The number of hydrogen-bond donors (Lipinski definition) is 1. The second-order valence-corrected chi connectivity index (χ2v) is 5.59. The van der Waals surface area contributed by atoms with Crippen LogP contribution in [0.5, 0.6) is 0 Å². The van der Waals surface area contributed by atoms with Gasteiger partial charge in [-0.15, -0.1) is 6.42 Å². The van der Waals surface area contributed by atoms with Gasteiger partial charge in [-0.1, -0.05) is 17.5 Å². The molecule has 0 saturated carbocycles. The number of hydrogen-bond acceptors (Lipinski definition) is 3. The van der Waals surface area contributed by atoms with E-state index in [2.05, 4.69) is 16.2 Å². The average Bonchev–Trinajstić information content (AvgIpc) is 2.93. The fraction of sp³-hybridized carbons (Fsp3) is 0.188. The summed E-state index contributed by atoms with van der Waals surface area (Å²) in [5.41, 5.74) is 1.04. The Kier molecular flexibility index (Phi) is 3.99. The van der Waals surface area contributed by atoms with Crippen LogP contribution in [-0.4, -0.2) is 39.9 Å². The number of amides is 2. The molecular formula is C16H12ClFN4O2. The van der Waals surface area contributed by atoms with Gasteiger partial charge in [-0.3, -0.25) is 14.2 Å². The van der Waals surface area contributed by atoms with Crippen molar-refractivity contribution in [3.8, 4) is 18.0 Å². The molecule has 24 heavy (non-hydrogen) atoms. The third kappa shape index (κ3) is 2.41. The molecule has 2 heterocycles. The molecule has 1 aromatic heterocycles. The second kappa shape index (κ2) is 5.98. The number of benzene rings is 1. The molecule has 1 aliphatic rings. The first-order valence-corrected chi connectivity index (χ1v) is 7.35. The zero-order valence-corrected chi connectivity index (χ0v) is 13.4. The third-order valence-corrected chi connectivity index (χ3v) is 4.08. The summed E-state index contributed by atoms with van der Waals surface area (Å²) in [6.07, 6.45) is 6.54. The minimum atomic E-state index is -0.687. The quantitative estimate of drug-likeness (QED) is 0.840. The molecule has 2 amide bonds. The number of halogens is 2. The van der Waals surface area contributed by atoms with E-state index in [1.165, 1.54) is 23.4 Å². The molecule has 0 bridgehead atoms. The summed E-state index contributed by atoms with van der Waals surface area (Å²) in [7, 11) is 1.54. The second-order valence-electron chi connectivity index (χ2n) is 5.21. The summed E-state index contributed by atoms with van der Waals surface area (Å²) in [5, 5.41) is 2.28. The lowest BCUT2D eigenvalue weighted by atomic mass is 10.1. The third-order valence-electron chi connectivity index (χ3n) is 3.71. The number of rotatable bonds is 2. The molecule has 0 spiro atoms. The van der Waals surface area contributed by atoms with E-state index in [4.69, 9.17) is 18.0 Å². The summed E-state index contributed by atoms with van der Waals surface area (Å²) in [6, 6.07) is 2.60. The van der Waals surface area contributed by atoms with E-state index in [0.717, 1.165) is 0 Å². The number of aromatic nitrogens is 2. The Morgan fingerprint density at radius 1 is 1.54 bits per heavy atom. The van der Waals surface area contributed by atoms with Crippen molar-refractivity contribution in [2.45, 2.75) is 6.54 Å². The Morgan fingerprint density at radius 2 is 2.29 bits per heavy atom. The Bertz CT molecular complexity index is 900. The molecular weight excluding hydrogens is 335 g/mol. The van der Waals surface area contributed by atoms with E-state index < -0.39 is 17.6 Å². The van der Waals surface area contributed by atoms with Crippen LogP contribution in [0.15, 0.2) is 18.5 Å². The van der Waals surface area contributed by atoms with Gasteiger partial charge in [-0.25, -0.2) is 9.37 Å². The Labute approximate surface area is 142 Å². The normalized spacial score (nSPS) is 12.9. The van der Waals surface area contributed by atoms with Crippen LogP contribution in [0.4, 0.5) is 4.39 Å². The lowest BCUT2D eigenvalue weighted by molar-refractivity contribution is 0.0784. The van der Waals surface area contributed by atoms with E-state index in [1.54, 1.807) is 11.6 Å². The summed E-state index contributed by atoms with van der Waals surface area (Å²) >= 11 is 5.99. The molecule has 1 aliphatic heterocycles. The van der Waals surface area contributed by atoms with Crippen LogP contribution in [0, 0.1) is 18.2 Å².